The highest BCUT2D eigenvalue weighted by atomic mass is 14.3. The summed E-state index contributed by atoms with van der Waals surface area (Å²) in [6, 6.07) is 18.1. The van der Waals surface area contributed by atoms with E-state index in [4.69, 9.17) is 0 Å². The van der Waals surface area contributed by atoms with Gasteiger partial charge in [-0.2, -0.15) is 0 Å². The van der Waals surface area contributed by atoms with Crippen LogP contribution in [0.3, 0.4) is 0 Å². The number of allylic oxidation sites excluding steroid dienone is 6. The zero-order valence-corrected chi connectivity index (χ0v) is 21.7. The fraction of sp³-hybridized carbons (Fsp3) is 0.394. The van der Waals surface area contributed by atoms with E-state index in [1.54, 1.807) is 0 Å². The Labute approximate surface area is 202 Å². The highest BCUT2D eigenvalue weighted by molar-refractivity contribution is 5.68. The molecule has 2 aromatic carbocycles. The lowest BCUT2D eigenvalue weighted by atomic mass is 9.80. The minimum absolute atomic E-state index is 0.158. The van der Waals surface area contributed by atoms with Crippen LogP contribution in [0, 0.1) is 5.92 Å². The molecule has 0 amide bonds. The molecule has 2 aromatic rings. The van der Waals surface area contributed by atoms with E-state index in [9.17, 15) is 0 Å². The van der Waals surface area contributed by atoms with E-state index in [1.807, 2.05) is 0 Å². The van der Waals surface area contributed by atoms with Gasteiger partial charge in [-0.1, -0.05) is 133 Å². The van der Waals surface area contributed by atoms with E-state index in [2.05, 4.69) is 121 Å². The third-order valence-electron chi connectivity index (χ3n) is 6.90. The van der Waals surface area contributed by atoms with E-state index >= 15 is 0 Å². The van der Waals surface area contributed by atoms with Crippen LogP contribution in [0.4, 0.5) is 0 Å². The molecule has 0 aliphatic heterocycles. The molecule has 1 unspecified atom stereocenters. The van der Waals surface area contributed by atoms with Crippen LogP contribution in [0.1, 0.15) is 83.1 Å². The third kappa shape index (κ3) is 6.70. The summed E-state index contributed by atoms with van der Waals surface area (Å²) >= 11 is 0. The topological polar surface area (TPSA) is 0 Å². The highest BCUT2D eigenvalue weighted by Crippen LogP contribution is 2.37. The van der Waals surface area contributed by atoms with Gasteiger partial charge in [-0.05, 0) is 64.3 Å². The summed E-state index contributed by atoms with van der Waals surface area (Å²) in [6.45, 7) is 22.7. The average Bonchev–Trinajstić information content (AvgIpc) is 3.28. The molecule has 0 radical (unpaired) electrons. The summed E-state index contributed by atoms with van der Waals surface area (Å²) in [6.07, 6.45) is 10.7. The van der Waals surface area contributed by atoms with E-state index in [0.29, 0.717) is 0 Å². The van der Waals surface area contributed by atoms with Crippen molar-refractivity contribution in [2.75, 3.05) is 0 Å². The fourth-order valence-corrected chi connectivity index (χ4v) is 4.46. The first-order valence-corrected chi connectivity index (χ1v) is 12.4. The second-order valence-corrected chi connectivity index (χ2v) is 11.7. The second kappa shape index (κ2) is 10.1. The van der Waals surface area contributed by atoms with Gasteiger partial charge in [-0.3, -0.25) is 0 Å². The lowest BCUT2D eigenvalue weighted by molar-refractivity contribution is 0.590. The van der Waals surface area contributed by atoms with Gasteiger partial charge in [0.15, 0.2) is 0 Å². The maximum atomic E-state index is 4.57. The van der Waals surface area contributed by atoms with Gasteiger partial charge in [-0.15, -0.1) is 0 Å². The molecule has 0 bridgehead atoms. The van der Waals surface area contributed by atoms with Crippen LogP contribution in [0.2, 0.25) is 0 Å². The van der Waals surface area contributed by atoms with Gasteiger partial charge >= 0.3 is 0 Å². The molecule has 0 nitrogen and oxygen atoms in total. The Bertz CT molecular complexity index is 1030. The van der Waals surface area contributed by atoms with Crippen molar-refractivity contribution in [2.45, 2.75) is 78.1 Å². The summed E-state index contributed by atoms with van der Waals surface area (Å²) in [5, 5.41) is 0. The molecule has 174 valence electrons. The van der Waals surface area contributed by atoms with Crippen molar-refractivity contribution < 1.29 is 0 Å². The van der Waals surface area contributed by atoms with Crippen molar-refractivity contribution >= 4 is 5.57 Å². The fourth-order valence-electron chi connectivity index (χ4n) is 4.46. The van der Waals surface area contributed by atoms with Gasteiger partial charge < -0.3 is 0 Å². The zero-order chi connectivity index (χ0) is 24.2. The molecule has 0 N–H and O–H groups in total. The minimum Gasteiger partial charge on any atom is -0.0992 e. The molecule has 3 rings (SSSR count). The molecular formula is C33H42. The summed E-state index contributed by atoms with van der Waals surface area (Å²) < 4.78 is 0. The Balaban J connectivity index is 1.74. The molecule has 0 heterocycles. The Morgan fingerprint density at radius 3 is 1.85 bits per heavy atom. The molecule has 0 saturated carbocycles. The molecule has 0 fully saturated rings. The average molecular weight is 439 g/mol. The lowest BCUT2D eigenvalue weighted by Crippen LogP contribution is -2.12. The first-order chi connectivity index (χ1) is 15.4. The summed E-state index contributed by atoms with van der Waals surface area (Å²) in [7, 11) is 0. The summed E-state index contributed by atoms with van der Waals surface area (Å²) in [5.74, 6) is 0.269. The predicted octanol–water partition coefficient (Wildman–Crippen LogP) is 9.38. The van der Waals surface area contributed by atoms with Gasteiger partial charge in [0.2, 0.25) is 0 Å². The van der Waals surface area contributed by atoms with Crippen LogP contribution >= 0.6 is 0 Å². The number of hydrogen-bond acceptors (Lipinski definition) is 0. The van der Waals surface area contributed by atoms with Crippen molar-refractivity contribution in [1.82, 2.24) is 0 Å². The summed E-state index contributed by atoms with van der Waals surface area (Å²) in [5.41, 5.74) is 9.65. The van der Waals surface area contributed by atoms with Crippen molar-refractivity contribution in [3.8, 4) is 0 Å². The Morgan fingerprint density at radius 2 is 1.36 bits per heavy atom. The van der Waals surface area contributed by atoms with Crippen molar-refractivity contribution in [3.05, 3.63) is 113 Å². The maximum absolute atomic E-state index is 4.57. The van der Waals surface area contributed by atoms with Crippen LogP contribution in [0.5, 0.6) is 0 Å². The molecule has 0 saturated heterocycles. The minimum atomic E-state index is 0.158. The number of aryl methyl sites for hydroxylation is 1. The Hall–Kier alpha value is -2.60. The first kappa shape index (κ1) is 25.0. The second-order valence-electron chi connectivity index (χ2n) is 11.7. The molecule has 1 aliphatic carbocycles. The zero-order valence-electron chi connectivity index (χ0n) is 21.7. The number of benzene rings is 2. The van der Waals surface area contributed by atoms with Gasteiger partial charge in [0.05, 0.1) is 0 Å². The molecule has 1 aliphatic rings. The van der Waals surface area contributed by atoms with E-state index in [1.165, 1.54) is 39.0 Å². The third-order valence-corrected chi connectivity index (χ3v) is 6.90. The van der Waals surface area contributed by atoms with Crippen LogP contribution in [-0.4, -0.2) is 0 Å². The molecule has 1 atom stereocenters. The highest BCUT2D eigenvalue weighted by Gasteiger charge is 2.21. The Kier molecular flexibility index (Phi) is 7.68. The standard InChI is InChI=1S/C33H42/c1-24(13-14-26-15-19-29(20-16-26)32(3,4)5)31(23-27-11-9-10-12-27)25(2)28-17-21-30(22-18-28)33(6,7)8/h9-11,15-22,31H,1-2,12-14,23H2,3-8H3. The van der Waals surface area contributed by atoms with Gasteiger partial charge in [0.25, 0.3) is 0 Å². The monoisotopic (exact) mass is 438 g/mol. The molecular weight excluding hydrogens is 396 g/mol. The van der Waals surface area contributed by atoms with Crippen molar-refractivity contribution in [1.29, 1.82) is 0 Å². The molecule has 0 aromatic heterocycles. The Morgan fingerprint density at radius 1 is 0.818 bits per heavy atom. The van der Waals surface area contributed by atoms with E-state index in [-0.39, 0.29) is 16.7 Å². The van der Waals surface area contributed by atoms with Gasteiger partial charge in [0.1, 0.15) is 0 Å². The van der Waals surface area contributed by atoms with Crippen molar-refractivity contribution in [3.63, 3.8) is 0 Å². The van der Waals surface area contributed by atoms with Crippen LogP contribution in [0.25, 0.3) is 5.57 Å². The van der Waals surface area contributed by atoms with Gasteiger partial charge in [-0.25, -0.2) is 0 Å². The largest absolute Gasteiger partial charge is 0.0992 e. The lowest BCUT2D eigenvalue weighted by Gasteiger charge is -2.25. The normalized spacial score (nSPS) is 14.8. The quantitative estimate of drug-likeness (QED) is 0.360. The first-order valence-electron chi connectivity index (χ1n) is 12.4. The molecule has 0 spiro atoms. The van der Waals surface area contributed by atoms with E-state index < -0.39 is 0 Å². The SMILES string of the molecule is C=C(CCc1ccc(C(C)(C)C)cc1)C(CC1=CC=CC1)C(=C)c1ccc(C(C)(C)C)cc1. The van der Waals surface area contributed by atoms with Crippen molar-refractivity contribution in [2.24, 2.45) is 5.92 Å². The predicted molar refractivity (Wildman–Crippen MR) is 147 cm³/mol. The molecule has 0 heteroatoms. The van der Waals surface area contributed by atoms with Crippen LogP contribution in [-0.2, 0) is 17.3 Å². The van der Waals surface area contributed by atoms with Crippen LogP contribution < -0.4 is 0 Å². The number of rotatable bonds is 8. The van der Waals surface area contributed by atoms with Crippen LogP contribution in [0.15, 0.2) is 91.1 Å². The van der Waals surface area contributed by atoms with Gasteiger partial charge in [0, 0.05) is 5.92 Å². The number of hydrogen-bond donors (Lipinski definition) is 0. The smallest absolute Gasteiger partial charge is 0.00830 e. The van der Waals surface area contributed by atoms with E-state index in [0.717, 1.165) is 25.7 Å². The summed E-state index contributed by atoms with van der Waals surface area (Å²) in [4.78, 5) is 0. The molecule has 33 heavy (non-hydrogen) atoms. The maximum Gasteiger partial charge on any atom is 0.00830 e.